The number of nitrogens with one attached hydrogen (secondary N) is 1. The fourth-order valence-corrected chi connectivity index (χ4v) is 3.11. The van der Waals surface area contributed by atoms with Crippen LogP contribution < -0.4 is 0 Å². The molecule has 4 heteroatoms. The highest BCUT2D eigenvalue weighted by Gasteiger charge is 2.18. The predicted octanol–water partition coefficient (Wildman–Crippen LogP) is 5.12. The van der Waals surface area contributed by atoms with E-state index in [-0.39, 0.29) is 0 Å². The number of rotatable bonds is 2. The van der Waals surface area contributed by atoms with Crippen LogP contribution in [0.1, 0.15) is 37.3 Å². The van der Waals surface area contributed by atoms with Crippen LogP contribution in [0.2, 0.25) is 5.02 Å². The zero-order chi connectivity index (χ0) is 13.2. The SMILES string of the molecule is S=c1cc(C2CCCC2)[nH]c(-c2cccc(Cl)c2)n1. The Balaban J connectivity index is 2.04. The van der Waals surface area contributed by atoms with Gasteiger partial charge in [0.1, 0.15) is 10.5 Å². The number of aromatic amines is 1. The Hall–Kier alpha value is -1.19. The van der Waals surface area contributed by atoms with Crippen LogP contribution in [0.4, 0.5) is 0 Å². The molecule has 1 aliphatic carbocycles. The molecule has 1 aromatic carbocycles. The van der Waals surface area contributed by atoms with Gasteiger partial charge in [0.25, 0.3) is 0 Å². The molecule has 1 heterocycles. The number of hydrogen-bond acceptors (Lipinski definition) is 2. The minimum atomic E-state index is 0.600. The first-order valence-electron chi connectivity index (χ1n) is 6.59. The molecule has 0 amide bonds. The minimum absolute atomic E-state index is 0.600. The molecule has 0 spiro atoms. The molecule has 1 N–H and O–H groups in total. The van der Waals surface area contributed by atoms with E-state index in [1.165, 1.54) is 31.4 Å². The van der Waals surface area contributed by atoms with Gasteiger partial charge in [0.15, 0.2) is 0 Å². The van der Waals surface area contributed by atoms with Crippen molar-refractivity contribution in [2.24, 2.45) is 0 Å². The van der Waals surface area contributed by atoms with E-state index in [0.717, 1.165) is 11.4 Å². The summed E-state index contributed by atoms with van der Waals surface area (Å²) in [6, 6.07) is 9.70. The molecule has 1 aromatic heterocycles. The summed E-state index contributed by atoms with van der Waals surface area (Å²) in [6.45, 7) is 0. The molecule has 0 unspecified atom stereocenters. The van der Waals surface area contributed by atoms with Crippen molar-refractivity contribution in [1.29, 1.82) is 0 Å². The van der Waals surface area contributed by atoms with Gasteiger partial charge in [0, 0.05) is 16.3 Å². The van der Waals surface area contributed by atoms with Crippen molar-refractivity contribution in [3.63, 3.8) is 0 Å². The summed E-state index contributed by atoms with van der Waals surface area (Å²) in [4.78, 5) is 7.85. The molecule has 2 nitrogen and oxygen atoms in total. The average Bonchev–Trinajstić information content (AvgIpc) is 2.92. The van der Waals surface area contributed by atoms with Gasteiger partial charge in [-0.05, 0) is 37.0 Å². The molecule has 0 saturated heterocycles. The third kappa shape index (κ3) is 2.88. The fraction of sp³-hybridized carbons (Fsp3) is 0.333. The summed E-state index contributed by atoms with van der Waals surface area (Å²) in [7, 11) is 0. The lowest BCUT2D eigenvalue weighted by molar-refractivity contribution is 0.694. The van der Waals surface area contributed by atoms with Crippen LogP contribution in [0.15, 0.2) is 30.3 Å². The van der Waals surface area contributed by atoms with E-state index in [0.29, 0.717) is 15.6 Å². The van der Waals surface area contributed by atoms with Crippen LogP contribution in [0.25, 0.3) is 11.4 Å². The minimum Gasteiger partial charge on any atom is -0.343 e. The summed E-state index contributed by atoms with van der Waals surface area (Å²) < 4.78 is 0.649. The molecule has 0 atom stereocenters. The molecule has 1 aliphatic rings. The standard InChI is InChI=1S/C15H15ClN2S/c16-12-7-3-6-11(8-12)15-17-13(9-14(19)18-15)10-4-1-2-5-10/h3,6-10H,1-2,4-5H2,(H,17,18,19). The number of H-pyrrole nitrogens is 1. The average molecular weight is 291 g/mol. The Morgan fingerprint density at radius 1 is 1.21 bits per heavy atom. The molecule has 1 saturated carbocycles. The number of aromatic nitrogens is 2. The van der Waals surface area contributed by atoms with Gasteiger partial charge < -0.3 is 4.98 Å². The van der Waals surface area contributed by atoms with Gasteiger partial charge in [-0.25, -0.2) is 4.98 Å². The molecule has 0 radical (unpaired) electrons. The van der Waals surface area contributed by atoms with E-state index in [1.807, 2.05) is 30.3 Å². The van der Waals surface area contributed by atoms with Gasteiger partial charge in [-0.2, -0.15) is 0 Å². The normalized spacial score (nSPS) is 15.8. The van der Waals surface area contributed by atoms with E-state index in [9.17, 15) is 0 Å². The lowest BCUT2D eigenvalue weighted by Gasteiger charge is -2.11. The van der Waals surface area contributed by atoms with E-state index < -0.39 is 0 Å². The van der Waals surface area contributed by atoms with Crippen molar-refractivity contribution in [2.45, 2.75) is 31.6 Å². The predicted molar refractivity (Wildman–Crippen MR) is 81.1 cm³/mol. The summed E-state index contributed by atoms with van der Waals surface area (Å²) in [5.74, 6) is 1.42. The van der Waals surface area contributed by atoms with Gasteiger partial charge in [-0.15, -0.1) is 0 Å². The van der Waals surface area contributed by atoms with Gasteiger partial charge in [0.2, 0.25) is 0 Å². The molecular formula is C15H15ClN2S. The van der Waals surface area contributed by atoms with Crippen molar-refractivity contribution in [1.82, 2.24) is 9.97 Å². The van der Waals surface area contributed by atoms with Gasteiger partial charge in [-0.3, -0.25) is 0 Å². The van der Waals surface area contributed by atoms with Crippen molar-refractivity contribution < 1.29 is 0 Å². The van der Waals surface area contributed by atoms with Crippen molar-refractivity contribution in [3.05, 3.63) is 45.7 Å². The van der Waals surface area contributed by atoms with E-state index in [2.05, 4.69) is 9.97 Å². The number of halogens is 1. The molecule has 98 valence electrons. The van der Waals surface area contributed by atoms with E-state index >= 15 is 0 Å². The highest BCUT2D eigenvalue weighted by molar-refractivity contribution is 7.71. The molecular weight excluding hydrogens is 276 g/mol. The lowest BCUT2D eigenvalue weighted by Crippen LogP contribution is -2.00. The first-order valence-corrected chi connectivity index (χ1v) is 7.38. The van der Waals surface area contributed by atoms with E-state index in [1.54, 1.807) is 0 Å². The number of nitrogens with zero attached hydrogens (tertiary/aromatic N) is 1. The van der Waals surface area contributed by atoms with E-state index in [4.69, 9.17) is 23.8 Å². The first kappa shape index (κ1) is 12.8. The quantitative estimate of drug-likeness (QED) is 0.778. The van der Waals surface area contributed by atoms with Gasteiger partial charge in [-0.1, -0.05) is 48.8 Å². The molecule has 2 aromatic rings. The van der Waals surface area contributed by atoms with Gasteiger partial charge in [0.05, 0.1) is 0 Å². The molecule has 19 heavy (non-hydrogen) atoms. The third-order valence-electron chi connectivity index (χ3n) is 3.66. The van der Waals surface area contributed by atoms with Crippen molar-refractivity contribution in [2.75, 3.05) is 0 Å². The lowest BCUT2D eigenvalue weighted by atomic mass is 10.0. The molecule has 1 fully saturated rings. The van der Waals surface area contributed by atoms with Crippen LogP contribution in [-0.2, 0) is 0 Å². The van der Waals surface area contributed by atoms with Crippen LogP contribution in [-0.4, -0.2) is 9.97 Å². The molecule has 0 aliphatic heterocycles. The maximum absolute atomic E-state index is 6.03. The Morgan fingerprint density at radius 2 is 2.00 bits per heavy atom. The second-order valence-corrected chi connectivity index (χ2v) is 5.87. The number of hydrogen-bond donors (Lipinski definition) is 1. The zero-order valence-corrected chi connectivity index (χ0v) is 12.1. The van der Waals surface area contributed by atoms with Gasteiger partial charge >= 0.3 is 0 Å². The van der Waals surface area contributed by atoms with Crippen molar-refractivity contribution >= 4 is 23.8 Å². The molecule has 0 bridgehead atoms. The summed E-state index contributed by atoms with van der Waals surface area (Å²) in [6.07, 6.45) is 5.09. The Labute approximate surface area is 122 Å². The second kappa shape index (κ2) is 5.43. The summed E-state index contributed by atoms with van der Waals surface area (Å²) in [5.41, 5.74) is 2.20. The Bertz CT molecular complexity index is 645. The fourth-order valence-electron chi connectivity index (χ4n) is 2.71. The van der Waals surface area contributed by atoms with Crippen LogP contribution in [0, 0.1) is 4.64 Å². The summed E-state index contributed by atoms with van der Waals surface area (Å²) >= 11 is 11.3. The smallest absolute Gasteiger partial charge is 0.139 e. The first-order chi connectivity index (χ1) is 9.22. The largest absolute Gasteiger partial charge is 0.343 e. The summed E-state index contributed by atoms with van der Waals surface area (Å²) in [5, 5.41) is 0.713. The maximum Gasteiger partial charge on any atom is 0.139 e. The monoisotopic (exact) mass is 290 g/mol. The Kier molecular flexibility index (Phi) is 3.67. The molecule has 3 rings (SSSR count). The highest BCUT2D eigenvalue weighted by Crippen LogP contribution is 2.33. The third-order valence-corrected chi connectivity index (χ3v) is 4.10. The number of benzene rings is 1. The van der Waals surface area contributed by atoms with Crippen LogP contribution >= 0.6 is 23.8 Å². The Morgan fingerprint density at radius 3 is 2.74 bits per heavy atom. The van der Waals surface area contributed by atoms with Crippen LogP contribution in [0.5, 0.6) is 0 Å². The second-order valence-electron chi connectivity index (χ2n) is 5.02. The topological polar surface area (TPSA) is 28.7 Å². The highest BCUT2D eigenvalue weighted by atomic mass is 35.5. The zero-order valence-electron chi connectivity index (χ0n) is 10.5. The van der Waals surface area contributed by atoms with Crippen LogP contribution in [0.3, 0.4) is 0 Å². The maximum atomic E-state index is 6.03. The van der Waals surface area contributed by atoms with Crippen molar-refractivity contribution in [3.8, 4) is 11.4 Å².